The Morgan fingerprint density at radius 3 is 2.33 bits per heavy atom. The lowest BCUT2D eigenvalue weighted by Crippen LogP contribution is -2.37. The summed E-state index contributed by atoms with van der Waals surface area (Å²) in [6, 6.07) is 20.0. The number of carbonyl (C=O) groups is 3. The minimum absolute atomic E-state index is 0.0587. The molecule has 0 atom stereocenters. The first-order valence-corrected chi connectivity index (χ1v) is 16.6. The standard InChI is InChI=1S/C35H36N6O7S/c1-22-10-13-25(14-11-22)49(46,47)41-21-29(26-8-6-7-9-31(26)48-5)27-19-24(20-37-32(27)41)23-12-15-30(28(18-23)33(42)39(2)3)38-34(43)36-16-17-40(4)35(44)45/h6-15,18-21H,16-17H2,1-5H3,(H,44,45)(H2,36,38,43). The van der Waals surface area contributed by atoms with Crippen molar-refractivity contribution in [2.24, 2.45) is 0 Å². The molecule has 49 heavy (non-hydrogen) atoms. The number of likely N-dealkylation sites (N-methyl/N-ethyl adjacent to an activating group) is 1. The van der Waals surface area contributed by atoms with Crippen LogP contribution in [0.5, 0.6) is 5.75 Å². The molecule has 13 nitrogen and oxygen atoms in total. The first-order chi connectivity index (χ1) is 23.3. The van der Waals surface area contributed by atoms with Crippen LogP contribution in [0.3, 0.4) is 0 Å². The Labute approximate surface area is 283 Å². The maximum absolute atomic E-state index is 13.9. The largest absolute Gasteiger partial charge is 0.496 e. The van der Waals surface area contributed by atoms with Crippen molar-refractivity contribution < 1.29 is 32.6 Å². The van der Waals surface area contributed by atoms with Crippen molar-refractivity contribution in [3.63, 3.8) is 0 Å². The highest BCUT2D eigenvalue weighted by Gasteiger charge is 2.25. The van der Waals surface area contributed by atoms with E-state index in [1.165, 1.54) is 28.3 Å². The molecule has 2 heterocycles. The van der Waals surface area contributed by atoms with Gasteiger partial charge in [-0.25, -0.2) is 27.0 Å². The number of urea groups is 1. The highest BCUT2D eigenvalue weighted by Crippen LogP contribution is 2.39. The summed E-state index contributed by atoms with van der Waals surface area (Å²) in [5, 5.41) is 14.8. The van der Waals surface area contributed by atoms with Crippen LogP contribution in [0.4, 0.5) is 15.3 Å². The number of pyridine rings is 1. The minimum atomic E-state index is -4.04. The fourth-order valence-electron chi connectivity index (χ4n) is 5.18. The van der Waals surface area contributed by atoms with Gasteiger partial charge >= 0.3 is 12.1 Å². The quantitative estimate of drug-likeness (QED) is 0.177. The maximum atomic E-state index is 13.9. The maximum Gasteiger partial charge on any atom is 0.407 e. The minimum Gasteiger partial charge on any atom is -0.496 e. The zero-order chi connectivity index (χ0) is 35.5. The molecule has 0 aliphatic heterocycles. The number of carboxylic acid groups (broad SMARTS) is 1. The number of aromatic nitrogens is 2. The van der Waals surface area contributed by atoms with Gasteiger partial charge in [-0.1, -0.05) is 42.0 Å². The summed E-state index contributed by atoms with van der Waals surface area (Å²) in [6.45, 7) is 2.01. The van der Waals surface area contributed by atoms with Gasteiger partial charge in [-0.3, -0.25) is 4.79 Å². The fourth-order valence-corrected chi connectivity index (χ4v) is 6.50. The zero-order valence-electron chi connectivity index (χ0n) is 27.6. The second kappa shape index (κ2) is 14.1. The van der Waals surface area contributed by atoms with E-state index in [0.29, 0.717) is 33.4 Å². The van der Waals surface area contributed by atoms with Crippen molar-refractivity contribution >= 4 is 44.8 Å². The zero-order valence-corrected chi connectivity index (χ0v) is 28.4. The number of benzene rings is 3. The van der Waals surface area contributed by atoms with E-state index in [1.54, 1.807) is 69.7 Å². The third kappa shape index (κ3) is 7.18. The van der Waals surface area contributed by atoms with Crippen LogP contribution >= 0.6 is 0 Å². The van der Waals surface area contributed by atoms with Gasteiger partial charge in [-0.15, -0.1) is 0 Å². The molecule has 3 N–H and O–H groups in total. The Balaban J connectivity index is 1.60. The monoisotopic (exact) mass is 684 g/mol. The highest BCUT2D eigenvalue weighted by atomic mass is 32.2. The molecule has 14 heteroatoms. The second-order valence-electron chi connectivity index (χ2n) is 11.5. The number of amides is 4. The Bertz CT molecular complexity index is 2160. The van der Waals surface area contributed by atoms with Crippen LogP contribution in [0.25, 0.3) is 33.3 Å². The highest BCUT2D eigenvalue weighted by molar-refractivity contribution is 7.90. The Kier molecular flexibility index (Phi) is 9.89. The van der Waals surface area contributed by atoms with Crippen molar-refractivity contribution in [1.82, 2.24) is 24.1 Å². The Hall–Kier alpha value is -5.89. The van der Waals surface area contributed by atoms with Crippen LogP contribution in [-0.4, -0.2) is 91.7 Å². The topological polar surface area (TPSA) is 163 Å². The summed E-state index contributed by atoms with van der Waals surface area (Å²) in [4.78, 5) is 44.1. The molecule has 0 saturated carbocycles. The van der Waals surface area contributed by atoms with E-state index in [0.717, 1.165) is 10.5 Å². The second-order valence-corrected chi connectivity index (χ2v) is 13.3. The average molecular weight is 685 g/mol. The summed E-state index contributed by atoms with van der Waals surface area (Å²) >= 11 is 0. The predicted octanol–water partition coefficient (Wildman–Crippen LogP) is 5.36. The third-order valence-corrected chi connectivity index (χ3v) is 9.55. The Morgan fingerprint density at radius 2 is 1.65 bits per heavy atom. The molecule has 5 rings (SSSR count). The van der Waals surface area contributed by atoms with Crippen molar-refractivity contribution in [2.45, 2.75) is 11.8 Å². The molecule has 0 radical (unpaired) electrons. The molecule has 0 spiro atoms. The molecule has 0 unspecified atom stereocenters. The summed E-state index contributed by atoms with van der Waals surface area (Å²) in [5.74, 6) is 0.170. The number of nitrogens with zero attached hydrogens (tertiary/aromatic N) is 4. The number of carbonyl (C=O) groups excluding carboxylic acids is 2. The molecule has 5 aromatic rings. The van der Waals surface area contributed by atoms with Crippen LogP contribution in [0.1, 0.15) is 15.9 Å². The van der Waals surface area contributed by atoms with Gasteiger partial charge in [0.05, 0.1) is 23.3 Å². The van der Waals surface area contributed by atoms with Gasteiger partial charge in [0, 0.05) is 68.7 Å². The molecular formula is C35H36N6O7S. The lowest BCUT2D eigenvalue weighted by molar-refractivity contribution is 0.0828. The van der Waals surface area contributed by atoms with E-state index in [9.17, 15) is 22.8 Å². The number of para-hydroxylation sites is 1. The third-order valence-electron chi connectivity index (χ3n) is 7.88. The molecule has 2 aromatic heterocycles. The van der Waals surface area contributed by atoms with E-state index in [1.807, 2.05) is 31.2 Å². The lowest BCUT2D eigenvalue weighted by Gasteiger charge is -2.17. The first kappa shape index (κ1) is 34.4. The number of fused-ring (bicyclic) bond motifs is 1. The summed E-state index contributed by atoms with van der Waals surface area (Å²) in [6.07, 6.45) is 1.95. The van der Waals surface area contributed by atoms with E-state index in [4.69, 9.17) is 9.84 Å². The molecular weight excluding hydrogens is 648 g/mol. The van der Waals surface area contributed by atoms with Crippen LogP contribution in [-0.2, 0) is 10.0 Å². The lowest BCUT2D eigenvalue weighted by atomic mass is 9.99. The molecule has 0 aliphatic carbocycles. The smallest absolute Gasteiger partial charge is 0.407 e. The number of ether oxygens (including phenoxy) is 1. The summed E-state index contributed by atoms with van der Waals surface area (Å²) < 4.78 is 34.7. The van der Waals surface area contributed by atoms with E-state index in [-0.39, 0.29) is 40.8 Å². The number of rotatable bonds is 10. The number of nitrogens with one attached hydrogen (secondary N) is 2. The molecule has 0 saturated heterocycles. The Morgan fingerprint density at radius 1 is 0.939 bits per heavy atom. The molecule has 0 fully saturated rings. The van der Waals surface area contributed by atoms with Crippen molar-refractivity contribution in [1.29, 1.82) is 0 Å². The van der Waals surface area contributed by atoms with Gasteiger partial charge in [0.2, 0.25) is 0 Å². The van der Waals surface area contributed by atoms with Crippen molar-refractivity contribution in [3.05, 3.63) is 96.3 Å². The van der Waals surface area contributed by atoms with Crippen molar-refractivity contribution in [3.8, 4) is 28.0 Å². The summed E-state index contributed by atoms with van der Waals surface area (Å²) in [5.41, 5.74) is 3.99. The number of hydrogen-bond donors (Lipinski definition) is 3. The van der Waals surface area contributed by atoms with Gasteiger partial charge in [0.25, 0.3) is 15.9 Å². The number of hydrogen-bond acceptors (Lipinski definition) is 7. The van der Waals surface area contributed by atoms with Gasteiger partial charge in [0.1, 0.15) is 5.75 Å². The van der Waals surface area contributed by atoms with Gasteiger partial charge < -0.3 is 30.3 Å². The van der Waals surface area contributed by atoms with Gasteiger partial charge in [-0.05, 0) is 48.9 Å². The van der Waals surface area contributed by atoms with Gasteiger partial charge in [0.15, 0.2) is 5.65 Å². The molecule has 4 amide bonds. The number of aryl methyl sites for hydroxylation is 1. The number of methoxy groups -OCH3 is 1. The first-order valence-electron chi connectivity index (χ1n) is 15.1. The van der Waals surface area contributed by atoms with Crippen LogP contribution < -0.4 is 15.4 Å². The van der Waals surface area contributed by atoms with Crippen LogP contribution in [0, 0.1) is 6.92 Å². The molecule has 0 aliphatic rings. The number of anilines is 1. The van der Waals surface area contributed by atoms with Crippen LogP contribution in [0.2, 0.25) is 0 Å². The predicted molar refractivity (Wildman–Crippen MR) is 187 cm³/mol. The SMILES string of the molecule is COc1ccccc1-c1cn(S(=O)(=O)c2ccc(C)cc2)c2ncc(-c3ccc(NC(=O)NCCN(C)C(=O)O)c(C(=O)N(C)C)c3)cc12. The van der Waals surface area contributed by atoms with Crippen LogP contribution in [0.15, 0.2) is 90.1 Å². The normalized spacial score (nSPS) is 11.2. The van der Waals surface area contributed by atoms with E-state index < -0.39 is 22.1 Å². The fraction of sp³-hybridized carbons (Fsp3) is 0.200. The average Bonchev–Trinajstić information content (AvgIpc) is 3.47. The van der Waals surface area contributed by atoms with E-state index in [2.05, 4.69) is 15.6 Å². The molecule has 3 aromatic carbocycles. The summed E-state index contributed by atoms with van der Waals surface area (Å²) in [7, 11) is 2.06. The van der Waals surface area contributed by atoms with E-state index >= 15 is 0 Å². The van der Waals surface area contributed by atoms with Crippen molar-refractivity contribution in [2.75, 3.05) is 46.7 Å². The van der Waals surface area contributed by atoms with Gasteiger partial charge in [-0.2, -0.15) is 0 Å². The molecule has 0 bridgehead atoms. The molecule has 254 valence electrons.